The van der Waals surface area contributed by atoms with E-state index in [0.29, 0.717) is 6.54 Å². The first-order valence-corrected chi connectivity index (χ1v) is 7.77. The molecule has 2 amide bonds. The number of carbonyl (C=O) groups is 2. The number of carbonyl (C=O) groups excluding carboxylic acids is 1. The van der Waals surface area contributed by atoms with Crippen LogP contribution in [0, 0.1) is 11.8 Å². The van der Waals surface area contributed by atoms with Gasteiger partial charge in [0.1, 0.15) is 0 Å². The maximum absolute atomic E-state index is 12.1. The first kappa shape index (κ1) is 16.8. The van der Waals surface area contributed by atoms with Gasteiger partial charge in [-0.05, 0) is 31.1 Å². The number of aliphatic carboxylic acids is 1. The van der Waals surface area contributed by atoms with Gasteiger partial charge in [-0.3, -0.25) is 4.79 Å². The van der Waals surface area contributed by atoms with E-state index in [1.165, 1.54) is 19.3 Å². The molecule has 1 rings (SSSR count). The summed E-state index contributed by atoms with van der Waals surface area (Å²) in [6.45, 7) is 6.12. The molecule has 1 fully saturated rings. The lowest BCUT2D eigenvalue weighted by Crippen LogP contribution is -2.42. The maximum atomic E-state index is 12.1. The van der Waals surface area contributed by atoms with Crippen molar-refractivity contribution in [2.45, 2.75) is 52.4 Å². The number of carboxylic acids is 1. The van der Waals surface area contributed by atoms with Crippen LogP contribution in [0.15, 0.2) is 0 Å². The molecule has 0 aliphatic carbocycles. The third-order valence-corrected chi connectivity index (χ3v) is 3.96. The summed E-state index contributed by atoms with van der Waals surface area (Å²) in [5.74, 6) is -0.0936. The Hall–Kier alpha value is -1.26. The van der Waals surface area contributed by atoms with E-state index < -0.39 is 5.97 Å². The molecule has 20 heavy (non-hydrogen) atoms. The van der Waals surface area contributed by atoms with Gasteiger partial charge >= 0.3 is 12.0 Å². The van der Waals surface area contributed by atoms with Crippen LogP contribution in [0.4, 0.5) is 4.79 Å². The van der Waals surface area contributed by atoms with Crippen LogP contribution in [0.3, 0.4) is 0 Å². The van der Waals surface area contributed by atoms with Gasteiger partial charge in [0.15, 0.2) is 0 Å². The molecule has 2 unspecified atom stereocenters. The second-order valence-electron chi connectivity index (χ2n) is 5.96. The zero-order valence-corrected chi connectivity index (χ0v) is 12.7. The molecule has 0 aromatic rings. The second-order valence-corrected chi connectivity index (χ2v) is 5.96. The van der Waals surface area contributed by atoms with Crippen molar-refractivity contribution in [3.63, 3.8) is 0 Å². The first-order chi connectivity index (χ1) is 9.52. The number of likely N-dealkylation sites (tertiary alicyclic amines) is 1. The van der Waals surface area contributed by atoms with Crippen molar-refractivity contribution >= 4 is 12.0 Å². The molecule has 2 atom stereocenters. The number of hydrogen-bond donors (Lipinski definition) is 2. The Morgan fingerprint density at radius 3 is 2.75 bits per heavy atom. The van der Waals surface area contributed by atoms with Crippen molar-refractivity contribution in [1.82, 2.24) is 10.2 Å². The van der Waals surface area contributed by atoms with E-state index in [4.69, 9.17) is 5.11 Å². The average Bonchev–Trinajstić information content (AvgIpc) is 2.61. The fourth-order valence-corrected chi connectivity index (χ4v) is 2.81. The summed E-state index contributed by atoms with van der Waals surface area (Å²) in [4.78, 5) is 24.5. The molecule has 0 aromatic heterocycles. The van der Waals surface area contributed by atoms with Gasteiger partial charge < -0.3 is 15.3 Å². The molecule has 5 heteroatoms. The summed E-state index contributed by atoms with van der Waals surface area (Å²) in [5, 5.41) is 11.5. The molecule has 1 aliphatic heterocycles. The summed E-state index contributed by atoms with van der Waals surface area (Å²) >= 11 is 0. The number of amides is 2. The number of nitrogens with zero attached hydrogens (tertiary/aromatic N) is 1. The number of nitrogens with one attached hydrogen (secondary N) is 1. The van der Waals surface area contributed by atoms with Crippen LogP contribution in [0.1, 0.15) is 52.4 Å². The van der Waals surface area contributed by atoms with Crippen molar-refractivity contribution in [1.29, 1.82) is 0 Å². The molecule has 1 aliphatic rings. The predicted octanol–water partition coefficient (Wildman–Crippen LogP) is 2.71. The molecule has 2 N–H and O–H groups in total. The van der Waals surface area contributed by atoms with Crippen molar-refractivity contribution in [3.05, 3.63) is 0 Å². The Labute approximate surface area is 121 Å². The van der Waals surface area contributed by atoms with Gasteiger partial charge in [-0.25, -0.2) is 4.79 Å². The normalized spacial score (nSPS) is 21.1. The van der Waals surface area contributed by atoms with Gasteiger partial charge in [-0.15, -0.1) is 0 Å². The van der Waals surface area contributed by atoms with Gasteiger partial charge in [0.25, 0.3) is 0 Å². The molecule has 0 bridgehead atoms. The molecular weight excluding hydrogens is 256 g/mol. The highest BCUT2D eigenvalue weighted by Gasteiger charge is 2.20. The van der Waals surface area contributed by atoms with Crippen LogP contribution < -0.4 is 5.32 Å². The van der Waals surface area contributed by atoms with Gasteiger partial charge in [0, 0.05) is 26.1 Å². The van der Waals surface area contributed by atoms with Gasteiger partial charge in [-0.2, -0.15) is 0 Å². The lowest BCUT2D eigenvalue weighted by atomic mass is 9.96. The molecular formula is C15H28N2O3. The molecule has 0 aromatic carbocycles. The molecule has 0 spiro atoms. The largest absolute Gasteiger partial charge is 0.481 e. The number of urea groups is 1. The van der Waals surface area contributed by atoms with E-state index in [1.807, 2.05) is 11.8 Å². The third kappa shape index (κ3) is 6.26. The fourth-order valence-electron chi connectivity index (χ4n) is 2.81. The predicted molar refractivity (Wildman–Crippen MR) is 78.6 cm³/mol. The first-order valence-electron chi connectivity index (χ1n) is 7.77. The minimum absolute atomic E-state index is 0.0312. The second kappa shape index (κ2) is 8.82. The topological polar surface area (TPSA) is 69.6 Å². The van der Waals surface area contributed by atoms with Crippen LogP contribution >= 0.6 is 0 Å². The number of carboxylic acid groups (broad SMARTS) is 1. The minimum Gasteiger partial charge on any atom is -0.481 e. The van der Waals surface area contributed by atoms with Crippen molar-refractivity contribution in [2.75, 3.05) is 19.6 Å². The van der Waals surface area contributed by atoms with Crippen LogP contribution in [0.25, 0.3) is 0 Å². The molecule has 1 saturated heterocycles. The molecule has 0 radical (unpaired) electrons. The SMILES string of the molecule is CCCC1CCCN(C(=O)NCC(C)CC(=O)O)CC1. The number of rotatable bonds is 6. The summed E-state index contributed by atoms with van der Waals surface area (Å²) in [7, 11) is 0. The van der Waals surface area contributed by atoms with E-state index in [1.54, 1.807) is 0 Å². The zero-order valence-electron chi connectivity index (χ0n) is 12.7. The quantitative estimate of drug-likeness (QED) is 0.788. The lowest BCUT2D eigenvalue weighted by molar-refractivity contribution is -0.137. The highest BCUT2D eigenvalue weighted by Crippen LogP contribution is 2.21. The minimum atomic E-state index is -0.816. The van der Waals surface area contributed by atoms with Gasteiger partial charge in [-0.1, -0.05) is 26.7 Å². The highest BCUT2D eigenvalue weighted by molar-refractivity contribution is 5.74. The lowest BCUT2D eigenvalue weighted by Gasteiger charge is -2.22. The van der Waals surface area contributed by atoms with Crippen molar-refractivity contribution in [2.24, 2.45) is 11.8 Å². The van der Waals surface area contributed by atoms with E-state index in [-0.39, 0.29) is 18.4 Å². The standard InChI is InChI=1S/C15H28N2O3/c1-3-5-13-6-4-8-17(9-7-13)15(20)16-11-12(2)10-14(18)19/h12-13H,3-11H2,1-2H3,(H,16,20)(H,18,19). The van der Waals surface area contributed by atoms with E-state index in [0.717, 1.165) is 31.8 Å². The van der Waals surface area contributed by atoms with Gasteiger partial charge in [0.2, 0.25) is 0 Å². The van der Waals surface area contributed by atoms with E-state index in [9.17, 15) is 9.59 Å². The average molecular weight is 284 g/mol. The molecule has 0 saturated carbocycles. The summed E-state index contributed by atoms with van der Waals surface area (Å²) in [6.07, 6.45) is 5.94. The summed E-state index contributed by atoms with van der Waals surface area (Å²) in [5.41, 5.74) is 0. The smallest absolute Gasteiger partial charge is 0.317 e. The molecule has 1 heterocycles. The van der Waals surface area contributed by atoms with Crippen LogP contribution in [-0.2, 0) is 4.79 Å². The monoisotopic (exact) mass is 284 g/mol. The Morgan fingerprint density at radius 2 is 2.10 bits per heavy atom. The Bertz CT molecular complexity index is 320. The van der Waals surface area contributed by atoms with Crippen LogP contribution in [0.2, 0.25) is 0 Å². The Morgan fingerprint density at radius 1 is 1.35 bits per heavy atom. The fraction of sp³-hybridized carbons (Fsp3) is 0.867. The molecule has 116 valence electrons. The van der Waals surface area contributed by atoms with Crippen molar-refractivity contribution < 1.29 is 14.7 Å². The summed E-state index contributed by atoms with van der Waals surface area (Å²) in [6, 6.07) is -0.0422. The zero-order chi connectivity index (χ0) is 15.0. The number of hydrogen-bond acceptors (Lipinski definition) is 2. The van der Waals surface area contributed by atoms with Crippen LogP contribution in [-0.4, -0.2) is 41.6 Å². The Kier molecular flexibility index (Phi) is 7.41. The van der Waals surface area contributed by atoms with Crippen molar-refractivity contribution in [3.8, 4) is 0 Å². The van der Waals surface area contributed by atoms with Crippen LogP contribution in [0.5, 0.6) is 0 Å². The Balaban J connectivity index is 2.30. The third-order valence-electron chi connectivity index (χ3n) is 3.96. The van der Waals surface area contributed by atoms with Gasteiger partial charge in [0.05, 0.1) is 0 Å². The summed E-state index contributed by atoms with van der Waals surface area (Å²) < 4.78 is 0. The molecule has 5 nitrogen and oxygen atoms in total. The maximum Gasteiger partial charge on any atom is 0.317 e. The van der Waals surface area contributed by atoms with E-state index >= 15 is 0 Å². The highest BCUT2D eigenvalue weighted by atomic mass is 16.4. The van der Waals surface area contributed by atoms with E-state index in [2.05, 4.69) is 12.2 Å².